The maximum atomic E-state index is 5.31. The topological polar surface area (TPSA) is 37.4 Å². The summed E-state index contributed by atoms with van der Waals surface area (Å²) < 4.78 is 5.31. The summed E-state index contributed by atoms with van der Waals surface area (Å²) in [7, 11) is 0. The van der Waals surface area contributed by atoms with E-state index >= 15 is 0 Å². The number of ether oxygens (including phenoxy) is 1. The Labute approximate surface area is 123 Å². The molecule has 0 atom stereocenters. The molecule has 0 unspecified atom stereocenters. The standard InChI is InChI=1S/C16H29N3O/c1-4-19(12-11-17-10-7-13-20-5-2)14-16-9-6-8-15(3)18-16/h6,8-9,17H,4-5,7,10-14H2,1-3H3. The SMILES string of the molecule is CCOCCCNCCN(CC)Cc1cccc(C)n1. The zero-order valence-electron chi connectivity index (χ0n) is 13.2. The monoisotopic (exact) mass is 279 g/mol. The Morgan fingerprint density at radius 2 is 2.10 bits per heavy atom. The zero-order valence-corrected chi connectivity index (χ0v) is 13.2. The van der Waals surface area contributed by atoms with E-state index in [-0.39, 0.29) is 0 Å². The van der Waals surface area contributed by atoms with E-state index in [9.17, 15) is 0 Å². The molecular weight excluding hydrogens is 250 g/mol. The van der Waals surface area contributed by atoms with Gasteiger partial charge in [-0.15, -0.1) is 0 Å². The molecule has 4 nitrogen and oxygen atoms in total. The molecule has 1 heterocycles. The van der Waals surface area contributed by atoms with E-state index in [0.29, 0.717) is 0 Å². The van der Waals surface area contributed by atoms with Crippen molar-refractivity contribution in [2.75, 3.05) is 39.4 Å². The summed E-state index contributed by atoms with van der Waals surface area (Å²) in [5, 5.41) is 3.46. The largest absolute Gasteiger partial charge is 0.382 e. The Morgan fingerprint density at radius 3 is 2.80 bits per heavy atom. The highest BCUT2D eigenvalue weighted by molar-refractivity contribution is 5.09. The zero-order chi connectivity index (χ0) is 14.6. The van der Waals surface area contributed by atoms with E-state index in [0.717, 1.165) is 63.7 Å². The van der Waals surface area contributed by atoms with E-state index in [1.165, 1.54) is 0 Å². The highest BCUT2D eigenvalue weighted by atomic mass is 16.5. The van der Waals surface area contributed by atoms with Crippen molar-refractivity contribution in [2.24, 2.45) is 0 Å². The maximum Gasteiger partial charge on any atom is 0.0547 e. The first-order valence-corrected chi connectivity index (χ1v) is 7.69. The van der Waals surface area contributed by atoms with Crippen molar-refractivity contribution >= 4 is 0 Å². The number of nitrogens with zero attached hydrogens (tertiary/aromatic N) is 2. The predicted molar refractivity (Wildman–Crippen MR) is 83.9 cm³/mol. The third-order valence-electron chi connectivity index (χ3n) is 3.23. The quantitative estimate of drug-likeness (QED) is 0.630. The van der Waals surface area contributed by atoms with Crippen LogP contribution in [0, 0.1) is 6.92 Å². The van der Waals surface area contributed by atoms with Gasteiger partial charge >= 0.3 is 0 Å². The van der Waals surface area contributed by atoms with Crippen molar-refractivity contribution in [3.8, 4) is 0 Å². The molecule has 20 heavy (non-hydrogen) atoms. The molecule has 0 radical (unpaired) electrons. The van der Waals surface area contributed by atoms with Crippen LogP contribution in [0.25, 0.3) is 0 Å². The molecule has 0 amide bonds. The van der Waals surface area contributed by atoms with Gasteiger partial charge in [-0.25, -0.2) is 0 Å². The minimum Gasteiger partial charge on any atom is -0.382 e. The molecular formula is C16H29N3O. The van der Waals surface area contributed by atoms with E-state index in [1.807, 2.05) is 19.9 Å². The number of aromatic nitrogens is 1. The van der Waals surface area contributed by atoms with Gasteiger partial charge in [-0.05, 0) is 45.5 Å². The van der Waals surface area contributed by atoms with Crippen LogP contribution in [-0.2, 0) is 11.3 Å². The van der Waals surface area contributed by atoms with E-state index in [1.54, 1.807) is 0 Å². The van der Waals surface area contributed by atoms with Crippen molar-refractivity contribution in [3.63, 3.8) is 0 Å². The van der Waals surface area contributed by atoms with Gasteiger partial charge in [0.25, 0.3) is 0 Å². The maximum absolute atomic E-state index is 5.31. The number of pyridine rings is 1. The summed E-state index contributed by atoms with van der Waals surface area (Å²) in [6.07, 6.45) is 1.08. The molecule has 0 bridgehead atoms. The van der Waals surface area contributed by atoms with Crippen LogP contribution in [0.3, 0.4) is 0 Å². The van der Waals surface area contributed by atoms with Crippen molar-refractivity contribution in [1.82, 2.24) is 15.2 Å². The highest BCUT2D eigenvalue weighted by Gasteiger charge is 2.04. The minimum atomic E-state index is 0.813. The molecule has 1 rings (SSSR count). The Kier molecular flexibility index (Phi) is 9.20. The molecule has 1 aromatic rings. The lowest BCUT2D eigenvalue weighted by atomic mass is 10.3. The molecule has 0 aromatic carbocycles. The van der Waals surface area contributed by atoms with Crippen LogP contribution < -0.4 is 5.32 Å². The van der Waals surface area contributed by atoms with Crippen LogP contribution in [-0.4, -0.2) is 49.3 Å². The number of aryl methyl sites for hydroxylation is 1. The first kappa shape index (κ1) is 17.1. The molecule has 0 saturated carbocycles. The lowest BCUT2D eigenvalue weighted by Crippen LogP contribution is -2.32. The Morgan fingerprint density at radius 1 is 1.25 bits per heavy atom. The second kappa shape index (κ2) is 10.8. The fourth-order valence-corrected chi connectivity index (χ4v) is 2.07. The fourth-order valence-electron chi connectivity index (χ4n) is 2.07. The van der Waals surface area contributed by atoms with Gasteiger partial charge in [0.2, 0.25) is 0 Å². The van der Waals surface area contributed by atoms with Crippen molar-refractivity contribution < 1.29 is 4.74 Å². The first-order valence-electron chi connectivity index (χ1n) is 7.69. The van der Waals surface area contributed by atoms with Crippen molar-refractivity contribution in [3.05, 3.63) is 29.6 Å². The molecule has 4 heteroatoms. The van der Waals surface area contributed by atoms with Crippen LogP contribution in [0.15, 0.2) is 18.2 Å². The minimum absolute atomic E-state index is 0.813. The third-order valence-corrected chi connectivity index (χ3v) is 3.23. The van der Waals surface area contributed by atoms with Gasteiger partial charge < -0.3 is 10.1 Å². The smallest absolute Gasteiger partial charge is 0.0547 e. The number of likely N-dealkylation sites (N-methyl/N-ethyl adjacent to an activating group) is 1. The van der Waals surface area contributed by atoms with Crippen molar-refractivity contribution in [1.29, 1.82) is 0 Å². The normalized spacial score (nSPS) is 11.2. The fraction of sp³-hybridized carbons (Fsp3) is 0.688. The molecule has 0 aliphatic heterocycles. The summed E-state index contributed by atoms with van der Waals surface area (Å²) in [6, 6.07) is 6.22. The molecule has 0 saturated heterocycles. The second-order valence-corrected chi connectivity index (χ2v) is 4.94. The lowest BCUT2D eigenvalue weighted by Gasteiger charge is -2.20. The molecule has 0 fully saturated rings. The summed E-state index contributed by atoms with van der Waals surface area (Å²) in [5.41, 5.74) is 2.25. The summed E-state index contributed by atoms with van der Waals surface area (Å²) in [6.45, 7) is 13.0. The highest BCUT2D eigenvalue weighted by Crippen LogP contribution is 2.02. The molecule has 114 valence electrons. The van der Waals surface area contributed by atoms with Gasteiger partial charge in [0.05, 0.1) is 5.69 Å². The average molecular weight is 279 g/mol. The second-order valence-electron chi connectivity index (χ2n) is 4.94. The summed E-state index contributed by atoms with van der Waals surface area (Å²) >= 11 is 0. The van der Waals surface area contributed by atoms with Gasteiger partial charge in [0.1, 0.15) is 0 Å². The van der Waals surface area contributed by atoms with Gasteiger partial charge in [-0.3, -0.25) is 9.88 Å². The molecule has 0 aliphatic carbocycles. The first-order chi connectivity index (χ1) is 9.76. The van der Waals surface area contributed by atoms with E-state index < -0.39 is 0 Å². The van der Waals surface area contributed by atoms with Gasteiger partial charge in [-0.2, -0.15) is 0 Å². The number of hydrogen-bond donors (Lipinski definition) is 1. The molecule has 1 N–H and O–H groups in total. The van der Waals surface area contributed by atoms with E-state index in [2.05, 4.69) is 34.3 Å². The van der Waals surface area contributed by atoms with Crippen LogP contribution in [0.5, 0.6) is 0 Å². The van der Waals surface area contributed by atoms with Gasteiger partial charge in [-0.1, -0.05) is 13.0 Å². The summed E-state index contributed by atoms with van der Waals surface area (Å²) in [4.78, 5) is 6.97. The van der Waals surface area contributed by atoms with Crippen LogP contribution in [0.4, 0.5) is 0 Å². The molecule has 1 aromatic heterocycles. The Balaban J connectivity index is 2.16. The number of nitrogens with one attached hydrogen (secondary N) is 1. The van der Waals surface area contributed by atoms with Gasteiger partial charge in [0, 0.05) is 38.5 Å². The summed E-state index contributed by atoms with van der Waals surface area (Å²) in [5.74, 6) is 0. The van der Waals surface area contributed by atoms with Gasteiger partial charge in [0.15, 0.2) is 0 Å². The Bertz CT molecular complexity index is 357. The number of rotatable bonds is 11. The molecule has 0 spiro atoms. The van der Waals surface area contributed by atoms with Crippen LogP contribution in [0.1, 0.15) is 31.7 Å². The Hall–Kier alpha value is -0.970. The van der Waals surface area contributed by atoms with Crippen LogP contribution in [0.2, 0.25) is 0 Å². The van der Waals surface area contributed by atoms with Crippen molar-refractivity contribution in [2.45, 2.75) is 33.7 Å². The number of hydrogen-bond acceptors (Lipinski definition) is 4. The van der Waals surface area contributed by atoms with E-state index in [4.69, 9.17) is 4.74 Å². The average Bonchev–Trinajstić information content (AvgIpc) is 2.45. The third kappa shape index (κ3) is 7.58. The predicted octanol–water partition coefficient (Wildman–Crippen LogP) is 2.23. The van der Waals surface area contributed by atoms with Crippen LogP contribution >= 0.6 is 0 Å². The lowest BCUT2D eigenvalue weighted by molar-refractivity contribution is 0.144. The molecule has 0 aliphatic rings.